The highest BCUT2D eigenvalue weighted by molar-refractivity contribution is 5.99. The van der Waals surface area contributed by atoms with Crippen LogP contribution in [0.2, 0.25) is 0 Å². The highest BCUT2D eigenvalue weighted by atomic mass is 16.5. The van der Waals surface area contributed by atoms with Crippen molar-refractivity contribution in [1.29, 1.82) is 0 Å². The molecule has 0 aliphatic heterocycles. The smallest absolute Gasteiger partial charge is 0.258 e. The number of benzene rings is 1. The molecular formula is C17H23NO3. The highest BCUT2D eigenvalue weighted by Crippen LogP contribution is 2.29. The molecule has 4 heteroatoms. The lowest BCUT2D eigenvalue weighted by molar-refractivity contribution is -0.124. The van der Waals surface area contributed by atoms with Crippen molar-refractivity contribution in [1.82, 2.24) is 5.32 Å². The first-order valence-corrected chi connectivity index (χ1v) is 7.52. The summed E-state index contributed by atoms with van der Waals surface area (Å²) in [5.74, 6) is 0.685. The number of fused-ring (bicyclic) bond motifs is 1. The van der Waals surface area contributed by atoms with Crippen LogP contribution in [0, 0.1) is 0 Å². The number of ketones is 1. The Labute approximate surface area is 125 Å². The van der Waals surface area contributed by atoms with Crippen LogP contribution in [0.3, 0.4) is 0 Å². The van der Waals surface area contributed by atoms with Gasteiger partial charge in [0.2, 0.25) is 0 Å². The first kappa shape index (κ1) is 15.5. The number of hydrogen-bond donors (Lipinski definition) is 1. The molecule has 0 heterocycles. The summed E-state index contributed by atoms with van der Waals surface area (Å²) in [5, 5.41) is 2.93. The zero-order chi connectivity index (χ0) is 15.5. The van der Waals surface area contributed by atoms with Crippen LogP contribution in [0.1, 0.15) is 56.0 Å². The molecule has 2 rings (SSSR count). The van der Waals surface area contributed by atoms with Gasteiger partial charge in [-0.25, -0.2) is 0 Å². The maximum absolute atomic E-state index is 11.9. The van der Waals surface area contributed by atoms with Crippen molar-refractivity contribution in [3.63, 3.8) is 0 Å². The monoisotopic (exact) mass is 289 g/mol. The third kappa shape index (κ3) is 3.84. The van der Waals surface area contributed by atoms with E-state index in [0.29, 0.717) is 12.2 Å². The van der Waals surface area contributed by atoms with Gasteiger partial charge in [-0.2, -0.15) is 0 Å². The van der Waals surface area contributed by atoms with Gasteiger partial charge in [0.05, 0.1) is 0 Å². The number of rotatable bonds is 5. The van der Waals surface area contributed by atoms with E-state index in [1.54, 1.807) is 0 Å². The van der Waals surface area contributed by atoms with Crippen molar-refractivity contribution in [2.24, 2.45) is 0 Å². The lowest BCUT2D eigenvalue weighted by Gasteiger charge is -2.25. The summed E-state index contributed by atoms with van der Waals surface area (Å²) in [7, 11) is 0. The van der Waals surface area contributed by atoms with Gasteiger partial charge in [0.15, 0.2) is 12.4 Å². The number of Topliss-reactive ketones (excluding diaryl/α,β-unsaturated/α-hetero) is 1. The van der Waals surface area contributed by atoms with E-state index in [4.69, 9.17) is 4.74 Å². The molecule has 0 saturated heterocycles. The van der Waals surface area contributed by atoms with E-state index in [1.165, 1.54) is 0 Å². The molecular weight excluding hydrogens is 266 g/mol. The summed E-state index contributed by atoms with van der Waals surface area (Å²) in [5.41, 5.74) is 1.45. The predicted molar refractivity (Wildman–Crippen MR) is 81.7 cm³/mol. The molecule has 1 amide bonds. The molecule has 1 aromatic carbocycles. The first-order chi connectivity index (χ1) is 9.93. The molecule has 1 aromatic rings. The lowest BCUT2D eigenvalue weighted by atomic mass is 9.90. The second-order valence-electron chi connectivity index (χ2n) is 6.13. The maximum Gasteiger partial charge on any atom is 0.258 e. The van der Waals surface area contributed by atoms with Gasteiger partial charge in [0.1, 0.15) is 5.75 Å². The molecule has 1 aliphatic carbocycles. The molecule has 0 atom stereocenters. The Morgan fingerprint density at radius 1 is 1.33 bits per heavy atom. The maximum atomic E-state index is 11.9. The number of ether oxygens (including phenoxy) is 1. The Bertz CT molecular complexity index is 549. The third-order valence-electron chi connectivity index (χ3n) is 3.98. The van der Waals surface area contributed by atoms with Gasteiger partial charge < -0.3 is 10.1 Å². The van der Waals surface area contributed by atoms with Gasteiger partial charge >= 0.3 is 0 Å². The molecule has 0 spiro atoms. The predicted octanol–water partition coefficient (Wildman–Crippen LogP) is 2.89. The normalized spacial score (nSPS) is 14.5. The molecule has 114 valence electrons. The Morgan fingerprint density at radius 3 is 2.81 bits per heavy atom. The summed E-state index contributed by atoms with van der Waals surface area (Å²) in [6.07, 6.45) is 3.14. The van der Waals surface area contributed by atoms with Crippen LogP contribution in [0.25, 0.3) is 0 Å². The Hall–Kier alpha value is -1.84. The van der Waals surface area contributed by atoms with Crippen molar-refractivity contribution in [3.8, 4) is 5.75 Å². The zero-order valence-electron chi connectivity index (χ0n) is 13.0. The molecule has 0 aromatic heterocycles. The minimum atomic E-state index is -0.230. The van der Waals surface area contributed by atoms with Crippen LogP contribution in [0.15, 0.2) is 18.2 Å². The molecule has 0 radical (unpaired) electrons. The van der Waals surface area contributed by atoms with Gasteiger partial charge in [-0.15, -0.1) is 0 Å². The van der Waals surface area contributed by atoms with E-state index in [2.05, 4.69) is 5.32 Å². The van der Waals surface area contributed by atoms with E-state index >= 15 is 0 Å². The van der Waals surface area contributed by atoms with E-state index < -0.39 is 0 Å². The molecule has 0 unspecified atom stereocenters. The standard InChI is InChI=1S/C17H23NO3/c1-4-17(2,3)18-16(20)11-21-15-10-6-7-12-13(15)8-5-9-14(12)19/h6-7,10H,4-5,8-9,11H2,1-3H3,(H,18,20). The summed E-state index contributed by atoms with van der Waals surface area (Å²) >= 11 is 0. The van der Waals surface area contributed by atoms with Gasteiger partial charge in [-0.1, -0.05) is 19.1 Å². The van der Waals surface area contributed by atoms with E-state index in [0.717, 1.165) is 30.4 Å². The second-order valence-corrected chi connectivity index (χ2v) is 6.13. The van der Waals surface area contributed by atoms with Crippen molar-refractivity contribution >= 4 is 11.7 Å². The SMILES string of the molecule is CCC(C)(C)NC(=O)COc1cccc2c1CCCC2=O. The van der Waals surface area contributed by atoms with Crippen molar-refractivity contribution in [2.75, 3.05) is 6.61 Å². The summed E-state index contributed by atoms with van der Waals surface area (Å²) in [6.45, 7) is 5.97. The van der Waals surface area contributed by atoms with Crippen LogP contribution in [0.4, 0.5) is 0 Å². The number of hydrogen-bond acceptors (Lipinski definition) is 3. The Kier molecular flexibility index (Phi) is 4.66. The fourth-order valence-electron chi connectivity index (χ4n) is 2.43. The Balaban J connectivity index is 2.03. The van der Waals surface area contributed by atoms with Crippen molar-refractivity contribution < 1.29 is 14.3 Å². The fraction of sp³-hybridized carbons (Fsp3) is 0.529. The first-order valence-electron chi connectivity index (χ1n) is 7.52. The molecule has 0 fully saturated rings. The quantitative estimate of drug-likeness (QED) is 0.906. The minimum absolute atomic E-state index is 0.0198. The van der Waals surface area contributed by atoms with E-state index in [-0.39, 0.29) is 23.8 Å². The van der Waals surface area contributed by atoms with Crippen molar-refractivity contribution in [2.45, 2.75) is 52.0 Å². The van der Waals surface area contributed by atoms with Gasteiger partial charge in [0, 0.05) is 23.1 Å². The second kappa shape index (κ2) is 6.29. The third-order valence-corrected chi connectivity index (χ3v) is 3.98. The molecule has 0 saturated carbocycles. The van der Waals surface area contributed by atoms with Crippen LogP contribution >= 0.6 is 0 Å². The van der Waals surface area contributed by atoms with Gasteiger partial charge in [-0.3, -0.25) is 9.59 Å². The van der Waals surface area contributed by atoms with Crippen LogP contribution in [-0.2, 0) is 11.2 Å². The van der Waals surface area contributed by atoms with Crippen molar-refractivity contribution in [3.05, 3.63) is 29.3 Å². The number of nitrogens with one attached hydrogen (secondary N) is 1. The number of carbonyl (C=O) groups excluding carboxylic acids is 2. The highest BCUT2D eigenvalue weighted by Gasteiger charge is 2.22. The average Bonchev–Trinajstić information content (AvgIpc) is 2.45. The van der Waals surface area contributed by atoms with E-state index in [9.17, 15) is 9.59 Å². The van der Waals surface area contributed by atoms with Crippen LogP contribution in [-0.4, -0.2) is 23.8 Å². The summed E-state index contributed by atoms with van der Waals surface area (Å²) in [6, 6.07) is 5.48. The van der Waals surface area contributed by atoms with E-state index in [1.807, 2.05) is 39.0 Å². The fourth-order valence-corrected chi connectivity index (χ4v) is 2.43. The molecule has 1 aliphatic rings. The Morgan fingerprint density at radius 2 is 2.10 bits per heavy atom. The average molecular weight is 289 g/mol. The minimum Gasteiger partial charge on any atom is -0.483 e. The number of carbonyl (C=O) groups is 2. The zero-order valence-corrected chi connectivity index (χ0v) is 13.0. The van der Waals surface area contributed by atoms with Crippen LogP contribution in [0.5, 0.6) is 5.75 Å². The topological polar surface area (TPSA) is 55.4 Å². The lowest BCUT2D eigenvalue weighted by Crippen LogP contribution is -2.44. The largest absolute Gasteiger partial charge is 0.483 e. The van der Waals surface area contributed by atoms with Gasteiger partial charge in [0.25, 0.3) is 5.91 Å². The van der Waals surface area contributed by atoms with Crippen LogP contribution < -0.4 is 10.1 Å². The van der Waals surface area contributed by atoms with Gasteiger partial charge in [-0.05, 0) is 39.2 Å². The molecule has 21 heavy (non-hydrogen) atoms. The molecule has 4 nitrogen and oxygen atoms in total. The molecule has 1 N–H and O–H groups in total. The summed E-state index contributed by atoms with van der Waals surface area (Å²) < 4.78 is 5.64. The number of amides is 1. The summed E-state index contributed by atoms with van der Waals surface area (Å²) in [4.78, 5) is 23.8. The molecule has 0 bridgehead atoms.